The van der Waals surface area contributed by atoms with Gasteiger partial charge in [-0.15, -0.1) is 12.4 Å². The number of carbonyl (C=O) groups is 1. The van der Waals surface area contributed by atoms with Crippen LogP contribution in [-0.2, 0) is 18.3 Å². The van der Waals surface area contributed by atoms with E-state index in [2.05, 4.69) is 15.7 Å². The molecule has 0 spiro atoms. The summed E-state index contributed by atoms with van der Waals surface area (Å²) in [6, 6.07) is 6.41. The highest BCUT2D eigenvalue weighted by Crippen LogP contribution is 2.27. The average Bonchev–Trinajstić information content (AvgIpc) is 3.23. The van der Waals surface area contributed by atoms with Crippen molar-refractivity contribution in [1.29, 1.82) is 0 Å². The third-order valence-corrected chi connectivity index (χ3v) is 4.56. The maximum absolute atomic E-state index is 12.5. The normalized spacial score (nSPS) is 19.0. The number of amides is 1. The van der Waals surface area contributed by atoms with Crippen LogP contribution >= 0.6 is 12.4 Å². The first-order valence-electron chi connectivity index (χ1n) is 8.25. The van der Waals surface area contributed by atoms with Crippen molar-refractivity contribution in [3.05, 3.63) is 57.9 Å². The smallest absolute Gasteiger partial charge is 0.269 e. The number of carbonyl (C=O) groups excluding carboxylic acids is 1. The monoisotopic (exact) mass is 379 g/mol. The third-order valence-electron chi connectivity index (χ3n) is 4.56. The van der Waals surface area contributed by atoms with E-state index in [-0.39, 0.29) is 35.8 Å². The summed E-state index contributed by atoms with van der Waals surface area (Å²) >= 11 is 0. The van der Waals surface area contributed by atoms with Crippen LogP contribution in [0.5, 0.6) is 0 Å². The van der Waals surface area contributed by atoms with Crippen molar-refractivity contribution in [2.24, 2.45) is 13.0 Å². The van der Waals surface area contributed by atoms with E-state index in [9.17, 15) is 14.9 Å². The first kappa shape index (κ1) is 19.9. The Kier molecular flexibility index (Phi) is 6.70. The van der Waals surface area contributed by atoms with E-state index < -0.39 is 4.92 Å². The number of hydrogen-bond donors (Lipinski definition) is 2. The quantitative estimate of drug-likeness (QED) is 0.583. The van der Waals surface area contributed by atoms with E-state index >= 15 is 0 Å². The zero-order valence-corrected chi connectivity index (χ0v) is 15.2. The zero-order valence-electron chi connectivity index (χ0n) is 14.4. The molecule has 0 saturated carbocycles. The number of hydrogen-bond acceptors (Lipinski definition) is 5. The number of nitro benzene ring substituents is 1. The molecule has 0 bridgehead atoms. The number of benzene rings is 1. The fraction of sp³-hybridized carbons (Fsp3) is 0.412. The Hall–Kier alpha value is -2.45. The van der Waals surface area contributed by atoms with Gasteiger partial charge >= 0.3 is 0 Å². The minimum absolute atomic E-state index is 0. The molecule has 26 heavy (non-hydrogen) atoms. The summed E-state index contributed by atoms with van der Waals surface area (Å²) in [5, 5.41) is 21.1. The predicted molar refractivity (Wildman–Crippen MR) is 99.4 cm³/mol. The molecule has 2 N–H and O–H groups in total. The molecule has 0 radical (unpaired) electrons. The number of nitrogens with one attached hydrogen (secondary N) is 2. The lowest BCUT2D eigenvalue weighted by atomic mass is 9.90. The lowest BCUT2D eigenvalue weighted by Crippen LogP contribution is -2.35. The fourth-order valence-electron chi connectivity index (χ4n) is 3.18. The molecule has 1 aliphatic rings. The van der Waals surface area contributed by atoms with Gasteiger partial charge in [-0.1, -0.05) is 12.1 Å². The van der Waals surface area contributed by atoms with Crippen LogP contribution in [0.2, 0.25) is 0 Å². The van der Waals surface area contributed by atoms with E-state index in [1.54, 1.807) is 16.8 Å². The van der Waals surface area contributed by atoms with Crippen LogP contribution in [0.25, 0.3) is 0 Å². The lowest BCUT2D eigenvalue weighted by Gasteiger charge is -2.17. The van der Waals surface area contributed by atoms with Crippen LogP contribution in [0.3, 0.4) is 0 Å². The first-order chi connectivity index (χ1) is 12.0. The molecule has 0 aliphatic carbocycles. The van der Waals surface area contributed by atoms with Gasteiger partial charge in [0.05, 0.1) is 17.0 Å². The van der Waals surface area contributed by atoms with Crippen molar-refractivity contribution < 1.29 is 9.72 Å². The highest BCUT2D eigenvalue weighted by Gasteiger charge is 2.34. The van der Waals surface area contributed by atoms with Gasteiger partial charge in [0.15, 0.2) is 0 Å². The first-order valence-corrected chi connectivity index (χ1v) is 8.25. The summed E-state index contributed by atoms with van der Waals surface area (Å²) in [5.74, 6) is 0.0508. The summed E-state index contributed by atoms with van der Waals surface area (Å²) in [5.41, 5.74) is 2.10. The molecule has 3 rings (SSSR count). The highest BCUT2D eigenvalue weighted by atomic mass is 35.5. The summed E-state index contributed by atoms with van der Waals surface area (Å²) < 4.78 is 1.75. The summed E-state index contributed by atoms with van der Waals surface area (Å²) in [7, 11) is 1.87. The predicted octanol–water partition coefficient (Wildman–Crippen LogP) is 1.41. The number of aromatic nitrogens is 2. The third kappa shape index (κ3) is 4.59. The highest BCUT2D eigenvalue weighted by molar-refractivity contribution is 5.85. The number of halogens is 1. The molecule has 2 atom stereocenters. The average molecular weight is 380 g/mol. The molecule has 1 fully saturated rings. The van der Waals surface area contributed by atoms with Gasteiger partial charge in [0, 0.05) is 50.9 Å². The molecule has 1 aliphatic heterocycles. The molecule has 140 valence electrons. The Labute approximate surface area is 157 Å². The molecule has 1 aromatic carbocycles. The number of rotatable bonds is 6. The van der Waals surface area contributed by atoms with Gasteiger partial charge in [0.2, 0.25) is 5.91 Å². The molecule has 8 nitrogen and oxygen atoms in total. The molecule has 1 aromatic heterocycles. The van der Waals surface area contributed by atoms with Crippen LogP contribution in [0, 0.1) is 16.0 Å². The van der Waals surface area contributed by atoms with Crippen molar-refractivity contribution in [2.45, 2.75) is 12.3 Å². The minimum Gasteiger partial charge on any atom is -0.355 e. The van der Waals surface area contributed by atoms with Crippen LogP contribution < -0.4 is 10.6 Å². The Balaban J connectivity index is 0.00000243. The molecular weight excluding hydrogens is 358 g/mol. The Bertz CT molecular complexity index is 762. The largest absolute Gasteiger partial charge is 0.355 e. The Morgan fingerprint density at radius 1 is 1.38 bits per heavy atom. The van der Waals surface area contributed by atoms with Crippen molar-refractivity contribution in [3.63, 3.8) is 0 Å². The van der Waals surface area contributed by atoms with E-state index in [1.807, 2.05) is 19.4 Å². The van der Waals surface area contributed by atoms with E-state index in [0.717, 1.165) is 17.7 Å². The Morgan fingerprint density at radius 3 is 2.73 bits per heavy atom. The van der Waals surface area contributed by atoms with Crippen molar-refractivity contribution in [1.82, 2.24) is 20.4 Å². The summed E-state index contributed by atoms with van der Waals surface area (Å²) in [6.07, 6.45) is 4.41. The van der Waals surface area contributed by atoms with E-state index in [4.69, 9.17) is 0 Å². The number of aryl methyl sites for hydroxylation is 1. The van der Waals surface area contributed by atoms with E-state index in [0.29, 0.717) is 19.5 Å². The second-order valence-electron chi connectivity index (χ2n) is 6.28. The van der Waals surface area contributed by atoms with Gasteiger partial charge in [-0.25, -0.2) is 0 Å². The Morgan fingerprint density at radius 2 is 2.12 bits per heavy atom. The van der Waals surface area contributed by atoms with Crippen molar-refractivity contribution >= 4 is 24.0 Å². The molecule has 2 heterocycles. The second kappa shape index (κ2) is 8.77. The zero-order chi connectivity index (χ0) is 17.8. The molecular formula is C17H22ClN5O3. The molecule has 1 amide bonds. The van der Waals surface area contributed by atoms with Crippen LogP contribution in [0.1, 0.15) is 17.0 Å². The van der Waals surface area contributed by atoms with Crippen LogP contribution in [0.15, 0.2) is 36.7 Å². The number of nitro groups is 1. The van der Waals surface area contributed by atoms with Gasteiger partial charge in [0.25, 0.3) is 5.69 Å². The maximum Gasteiger partial charge on any atom is 0.269 e. The van der Waals surface area contributed by atoms with Gasteiger partial charge in [-0.2, -0.15) is 5.10 Å². The molecule has 0 unspecified atom stereocenters. The standard InChI is InChI=1S/C17H21N5O3.ClH/c1-21-11-13(8-20-21)15-9-18-10-16(15)17(23)19-7-6-12-2-4-14(5-3-12)22(24)25;/h2-5,8,11,15-16,18H,6-7,9-10H2,1H3,(H,19,23);1H/t15-,16+;/m1./s1. The minimum atomic E-state index is -0.419. The van der Waals surface area contributed by atoms with Crippen LogP contribution in [0.4, 0.5) is 5.69 Å². The number of non-ortho nitro benzene ring substituents is 1. The van der Waals surface area contributed by atoms with Gasteiger partial charge in [-0.3, -0.25) is 19.6 Å². The topological polar surface area (TPSA) is 102 Å². The maximum atomic E-state index is 12.5. The summed E-state index contributed by atoms with van der Waals surface area (Å²) in [4.78, 5) is 22.7. The molecule has 2 aromatic rings. The number of nitrogens with zero attached hydrogens (tertiary/aromatic N) is 3. The second-order valence-corrected chi connectivity index (χ2v) is 6.28. The fourth-order valence-corrected chi connectivity index (χ4v) is 3.18. The molecule has 9 heteroatoms. The SMILES string of the molecule is Cl.Cn1cc([C@H]2CNC[C@@H]2C(=O)NCCc2ccc([N+](=O)[O-])cc2)cn1. The van der Waals surface area contributed by atoms with Gasteiger partial charge < -0.3 is 10.6 Å². The summed E-state index contributed by atoms with van der Waals surface area (Å²) in [6.45, 7) is 1.93. The molecule has 1 saturated heterocycles. The lowest BCUT2D eigenvalue weighted by molar-refractivity contribution is -0.384. The van der Waals surface area contributed by atoms with Crippen molar-refractivity contribution in [2.75, 3.05) is 19.6 Å². The van der Waals surface area contributed by atoms with Gasteiger partial charge in [-0.05, 0) is 17.5 Å². The van der Waals surface area contributed by atoms with Crippen LogP contribution in [-0.4, -0.2) is 40.2 Å². The van der Waals surface area contributed by atoms with Crippen molar-refractivity contribution in [3.8, 4) is 0 Å². The van der Waals surface area contributed by atoms with Gasteiger partial charge in [0.1, 0.15) is 0 Å². The van der Waals surface area contributed by atoms with E-state index in [1.165, 1.54) is 12.1 Å².